The smallest absolute Gasteiger partial charge is 0.422 e. The van der Waals surface area contributed by atoms with E-state index in [1.807, 2.05) is 0 Å². The molecule has 1 aromatic rings. The highest BCUT2D eigenvalue weighted by atomic mass is 19.4. The van der Waals surface area contributed by atoms with E-state index in [0.717, 1.165) is 0 Å². The normalized spacial score (nSPS) is 11.1. The van der Waals surface area contributed by atoms with Gasteiger partial charge >= 0.3 is 6.18 Å². The van der Waals surface area contributed by atoms with E-state index in [2.05, 4.69) is 4.74 Å². The molecule has 3 nitrogen and oxygen atoms in total. The SMILES string of the molecule is N=C(N)c1cccc(OCC(F)(F)F)c1. The molecule has 0 spiro atoms. The summed E-state index contributed by atoms with van der Waals surface area (Å²) in [5.74, 6) is -0.174. The number of rotatable bonds is 3. The van der Waals surface area contributed by atoms with Crippen molar-refractivity contribution >= 4 is 5.84 Å². The zero-order valence-electron chi connectivity index (χ0n) is 7.64. The first-order chi connectivity index (χ1) is 6.88. The van der Waals surface area contributed by atoms with Gasteiger partial charge in [-0.3, -0.25) is 5.41 Å². The Morgan fingerprint density at radius 3 is 2.60 bits per heavy atom. The van der Waals surface area contributed by atoms with Crippen molar-refractivity contribution in [1.82, 2.24) is 0 Å². The average Bonchev–Trinajstić information content (AvgIpc) is 2.14. The first-order valence-electron chi connectivity index (χ1n) is 4.02. The lowest BCUT2D eigenvalue weighted by Gasteiger charge is -2.09. The van der Waals surface area contributed by atoms with Crippen LogP contribution in [0.2, 0.25) is 0 Å². The summed E-state index contributed by atoms with van der Waals surface area (Å²) < 4.78 is 39.9. The van der Waals surface area contributed by atoms with Gasteiger partial charge in [-0.2, -0.15) is 13.2 Å². The minimum Gasteiger partial charge on any atom is -0.484 e. The number of nitrogens with two attached hydrogens (primary N) is 1. The Bertz CT molecular complexity index is 363. The van der Waals surface area contributed by atoms with Gasteiger partial charge in [-0.25, -0.2) is 0 Å². The van der Waals surface area contributed by atoms with Crippen LogP contribution in [0, 0.1) is 5.41 Å². The van der Waals surface area contributed by atoms with Crippen molar-refractivity contribution in [3.63, 3.8) is 0 Å². The lowest BCUT2D eigenvalue weighted by atomic mass is 10.2. The maximum atomic E-state index is 11.8. The maximum Gasteiger partial charge on any atom is 0.422 e. The minimum absolute atomic E-state index is 0.0417. The largest absolute Gasteiger partial charge is 0.484 e. The molecule has 0 saturated heterocycles. The van der Waals surface area contributed by atoms with Crippen LogP contribution in [-0.4, -0.2) is 18.6 Å². The van der Waals surface area contributed by atoms with Gasteiger partial charge in [0.25, 0.3) is 0 Å². The van der Waals surface area contributed by atoms with Crippen LogP contribution < -0.4 is 10.5 Å². The molecule has 0 aliphatic rings. The number of benzene rings is 1. The Labute approximate surface area is 84.2 Å². The quantitative estimate of drug-likeness (QED) is 0.601. The van der Waals surface area contributed by atoms with Crippen LogP contribution in [0.25, 0.3) is 0 Å². The molecule has 0 bridgehead atoms. The third kappa shape index (κ3) is 3.88. The first kappa shape index (κ1) is 11.4. The second-order valence-corrected chi connectivity index (χ2v) is 2.85. The summed E-state index contributed by atoms with van der Waals surface area (Å²) in [6.45, 7) is -1.35. The molecule has 0 saturated carbocycles. The predicted octanol–water partition coefficient (Wildman–Crippen LogP) is 1.91. The standard InChI is InChI=1S/C9H9F3N2O/c10-9(11,12)5-15-7-3-1-2-6(4-7)8(13)14/h1-4H,5H2,(H3,13,14). The molecule has 0 radical (unpaired) electrons. The molecule has 0 atom stereocenters. The molecular formula is C9H9F3N2O. The van der Waals surface area contributed by atoms with Crippen LogP contribution in [0.4, 0.5) is 13.2 Å². The number of alkyl halides is 3. The fraction of sp³-hybridized carbons (Fsp3) is 0.222. The number of halogens is 3. The van der Waals surface area contributed by atoms with Crippen LogP contribution in [0.15, 0.2) is 24.3 Å². The molecule has 0 amide bonds. The van der Waals surface area contributed by atoms with Gasteiger partial charge in [0.1, 0.15) is 11.6 Å². The van der Waals surface area contributed by atoms with E-state index >= 15 is 0 Å². The van der Waals surface area contributed by atoms with Crippen molar-refractivity contribution < 1.29 is 17.9 Å². The number of nitrogen functional groups attached to an aromatic ring is 1. The lowest BCUT2D eigenvalue weighted by molar-refractivity contribution is -0.153. The molecule has 6 heteroatoms. The van der Waals surface area contributed by atoms with Crippen LogP contribution in [0.3, 0.4) is 0 Å². The molecule has 15 heavy (non-hydrogen) atoms. The third-order valence-corrected chi connectivity index (χ3v) is 1.55. The summed E-state index contributed by atoms with van der Waals surface area (Å²) in [6.07, 6.45) is -4.37. The summed E-state index contributed by atoms with van der Waals surface area (Å²) in [5.41, 5.74) is 5.50. The van der Waals surface area contributed by atoms with E-state index in [0.29, 0.717) is 5.56 Å². The zero-order chi connectivity index (χ0) is 11.5. The second kappa shape index (κ2) is 4.20. The summed E-state index contributed by atoms with van der Waals surface area (Å²) in [7, 11) is 0. The van der Waals surface area contributed by atoms with Gasteiger partial charge in [0.05, 0.1) is 0 Å². The molecule has 0 unspecified atom stereocenters. The van der Waals surface area contributed by atoms with Gasteiger partial charge < -0.3 is 10.5 Å². The molecule has 0 aliphatic carbocycles. The van der Waals surface area contributed by atoms with E-state index in [4.69, 9.17) is 11.1 Å². The third-order valence-electron chi connectivity index (χ3n) is 1.55. The maximum absolute atomic E-state index is 11.8. The average molecular weight is 218 g/mol. The molecule has 82 valence electrons. The zero-order valence-corrected chi connectivity index (χ0v) is 7.64. The van der Waals surface area contributed by atoms with Crippen molar-refractivity contribution in [2.75, 3.05) is 6.61 Å². The summed E-state index contributed by atoms with van der Waals surface area (Å²) >= 11 is 0. The molecule has 0 heterocycles. The highest BCUT2D eigenvalue weighted by molar-refractivity contribution is 5.95. The number of amidine groups is 1. The molecule has 0 aliphatic heterocycles. The van der Waals surface area contributed by atoms with Crippen LogP contribution >= 0.6 is 0 Å². The van der Waals surface area contributed by atoms with Crippen molar-refractivity contribution in [2.24, 2.45) is 5.73 Å². The number of hydrogen-bond donors (Lipinski definition) is 2. The Balaban J connectivity index is 2.70. The van der Waals surface area contributed by atoms with Gasteiger partial charge in [-0.15, -0.1) is 0 Å². The van der Waals surface area contributed by atoms with Crippen molar-refractivity contribution in [3.05, 3.63) is 29.8 Å². The molecular weight excluding hydrogens is 209 g/mol. The van der Waals surface area contributed by atoms with E-state index in [1.165, 1.54) is 24.3 Å². The summed E-state index contributed by atoms with van der Waals surface area (Å²) in [5, 5.41) is 7.09. The van der Waals surface area contributed by atoms with Gasteiger partial charge in [0, 0.05) is 5.56 Å². The Hall–Kier alpha value is -1.72. The van der Waals surface area contributed by atoms with Crippen LogP contribution in [0.1, 0.15) is 5.56 Å². The fourth-order valence-electron chi connectivity index (χ4n) is 0.919. The minimum atomic E-state index is -4.37. The van der Waals surface area contributed by atoms with Gasteiger partial charge in [-0.05, 0) is 12.1 Å². The van der Waals surface area contributed by atoms with E-state index < -0.39 is 12.8 Å². The number of hydrogen-bond acceptors (Lipinski definition) is 2. The fourth-order valence-corrected chi connectivity index (χ4v) is 0.919. The molecule has 0 fully saturated rings. The molecule has 3 N–H and O–H groups in total. The summed E-state index contributed by atoms with van der Waals surface area (Å²) in [6, 6.07) is 5.65. The first-order valence-corrected chi connectivity index (χ1v) is 4.02. The van der Waals surface area contributed by atoms with Gasteiger partial charge in [0.2, 0.25) is 0 Å². The Morgan fingerprint density at radius 1 is 1.40 bits per heavy atom. The number of nitrogens with one attached hydrogen (secondary N) is 1. The topological polar surface area (TPSA) is 59.1 Å². The lowest BCUT2D eigenvalue weighted by Crippen LogP contribution is -2.19. The molecule has 1 aromatic carbocycles. The van der Waals surface area contributed by atoms with Gasteiger partial charge in [-0.1, -0.05) is 12.1 Å². The Kier molecular flexibility index (Phi) is 3.18. The highest BCUT2D eigenvalue weighted by Gasteiger charge is 2.28. The van der Waals surface area contributed by atoms with E-state index in [9.17, 15) is 13.2 Å². The Morgan fingerprint density at radius 2 is 2.07 bits per heavy atom. The van der Waals surface area contributed by atoms with Crippen LogP contribution in [0.5, 0.6) is 5.75 Å². The van der Waals surface area contributed by atoms with E-state index in [1.54, 1.807) is 0 Å². The second-order valence-electron chi connectivity index (χ2n) is 2.85. The van der Waals surface area contributed by atoms with Gasteiger partial charge in [0.15, 0.2) is 6.61 Å². The van der Waals surface area contributed by atoms with Crippen molar-refractivity contribution in [3.8, 4) is 5.75 Å². The van der Waals surface area contributed by atoms with Crippen molar-refractivity contribution in [1.29, 1.82) is 5.41 Å². The highest BCUT2D eigenvalue weighted by Crippen LogP contribution is 2.19. The molecule has 1 rings (SSSR count). The summed E-state index contributed by atoms with van der Waals surface area (Å²) in [4.78, 5) is 0. The van der Waals surface area contributed by atoms with E-state index in [-0.39, 0.29) is 11.6 Å². The number of ether oxygens (including phenoxy) is 1. The van der Waals surface area contributed by atoms with Crippen LogP contribution in [-0.2, 0) is 0 Å². The van der Waals surface area contributed by atoms with Crippen molar-refractivity contribution in [2.45, 2.75) is 6.18 Å². The predicted molar refractivity (Wildman–Crippen MR) is 49.0 cm³/mol. The monoisotopic (exact) mass is 218 g/mol. The molecule has 0 aromatic heterocycles.